The highest BCUT2D eigenvalue weighted by Gasteiger charge is 2.07. The van der Waals surface area contributed by atoms with Gasteiger partial charge in [-0.3, -0.25) is 4.90 Å². The summed E-state index contributed by atoms with van der Waals surface area (Å²) in [6, 6.07) is 0. The Balaban J connectivity index is 3.49. The molecule has 0 aliphatic carbocycles. The van der Waals surface area contributed by atoms with E-state index in [0.717, 1.165) is 13.1 Å². The molecule has 0 aliphatic heterocycles. The number of aliphatic hydroxyl groups excluding tert-OH is 2. The molecule has 0 heterocycles. The van der Waals surface area contributed by atoms with Crippen molar-refractivity contribution in [2.45, 2.75) is 13.0 Å². The van der Waals surface area contributed by atoms with Crippen molar-refractivity contribution < 1.29 is 10.2 Å². The SMILES string of the molecule is CCN(CCN)CC(O)CO. The Morgan fingerprint density at radius 2 is 2.18 bits per heavy atom. The first-order chi connectivity index (χ1) is 5.24. The molecular weight excluding hydrogens is 144 g/mol. The topological polar surface area (TPSA) is 69.7 Å². The van der Waals surface area contributed by atoms with Crippen LogP contribution in [0.25, 0.3) is 0 Å². The van der Waals surface area contributed by atoms with Crippen LogP contribution in [0.2, 0.25) is 0 Å². The van der Waals surface area contributed by atoms with Crippen LogP contribution < -0.4 is 5.73 Å². The number of hydrogen-bond donors (Lipinski definition) is 3. The molecule has 4 nitrogen and oxygen atoms in total. The minimum atomic E-state index is -0.638. The van der Waals surface area contributed by atoms with E-state index in [0.29, 0.717) is 13.1 Å². The van der Waals surface area contributed by atoms with Gasteiger partial charge in [-0.1, -0.05) is 6.92 Å². The summed E-state index contributed by atoms with van der Waals surface area (Å²) in [5, 5.41) is 17.6. The van der Waals surface area contributed by atoms with Gasteiger partial charge in [0.1, 0.15) is 0 Å². The molecule has 0 amide bonds. The number of hydrogen-bond acceptors (Lipinski definition) is 4. The van der Waals surface area contributed by atoms with Crippen molar-refractivity contribution in [3.8, 4) is 0 Å². The van der Waals surface area contributed by atoms with Gasteiger partial charge in [-0.25, -0.2) is 0 Å². The summed E-state index contributed by atoms with van der Waals surface area (Å²) in [6.07, 6.45) is -0.638. The average Bonchev–Trinajstić information content (AvgIpc) is 2.03. The Morgan fingerprint density at radius 3 is 2.55 bits per heavy atom. The Hall–Kier alpha value is -0.160. The van der Waals surface area contributed by atoms with Crippen molar-refractivity contribution in [1.82, 2.24) is 4.90 Å². The first kappa shape index (κ1) is 10.8. The molecule has 0 aromatic carbocycles. The molecule has 0 radical (unpaired) electrons. The van der Waals surface area contributed by atoms with Gasteiger partial charge in [-0.15, -0.1) is 0 Å². The lowest BCUT2D eigenvalue weighted by atomic mass is 10.3. The summed E-state index contributed by atoms with van der Waals surface area (Å²) >= 11 is 0. The van der Waals surface area contributed by atoms with Crippen LogP contribution in [0.4, 0.5) is 0 Å². The second-order valence-corrected chi connectivity index (χ2v) is 2.52. The van der Waals surface area contributed by atoms with Crippen molar-refractivity contribution in [2.75, 3.05) is 32.8 Å². The van der Waals surface area contributed by atoms with E-state index in [9.17, 15) is 0 Å². The van der Waals surface area contributed by atoms with E-state index in [-0.39, 0.29) is 6.61 Å². The predicted octanol–water partition coefficient (Wildman–Crippen LogP) is -1.38. The van der Waals surface area contributed by atoms with Crippen LogP contribution in [0.15, 0.2) is 0 Å². The van der Waals surface area contributed by atoms with Crippen LogP contribution in [0.1, 0.15) is 6.92 Å². The van der Waals surface area contributed by atoms with Gasteiger partial charge >= 0.3 is 0 Å². The van der Waals surface area contributed by atoms with Crippen LogP contribution in [-0.2, 0) is 0 Å². The molecule has 4 N–H and O–H groups in total. The fourth-order valence-electron chi connectivity index (χ4n) is 0.917. The van der Waals surface area contributed by atoms with Crippen molar-refractivity contribution in [3.63, 3.8) is 0 Å². The van der Waals surface area contributed by atoms with Crippen molar-refractivity contribution in [3.05, 3.63) is 0 Å². The first-order valence-corrected chi connectivity index (χ1v) is 3.95. The van der Waals surface area contributed by atoms with Crippen molar-refractivity contribution >= 4 is 0 Å². The molecular formula is C7H18N2O2. The maximum atomic E-state index is 9.05. The zero-order valence-corrected chi connectivity index (χ0v) is 7.03. The maximum Gasteiger partial charge on any atom is 0.0897 e. The number of nitrogens with zero attached hydrogens (tertiary/aromatic N) is 1. The average molecular weight is 162 g/mol. The van der Waals surface area contributed by atoms with E-state index in [1.54, 1.807) is 0 Å². The second-order valence-electron chi connectivity index (χ2n) is 2.52. The van der Waals surface area contributed by atoms with Gasteiger partial charge in [-0.2, -0.15) is 0 Å². The zero-order chi connectivity index (χ0) is 8.69. The van der Waals surface area contributed by atoms with E-state index in [1.807, 2.05) is 11.8 Å². The van der Waals surface area contributed by atoms with Gasteiger partial charge in [0.25, 0.3) is 0 Å². The fraction of sp³-hybridized carbons (Fsp3) is 1.00. The Bertz CT molecular complexity index is 90.5. The monoisotopic (exact) mass is 162 g/mol. The third kappa shape index (κ3) is 5.15. The molecule has 0 aliphatic rings. The molecule has 0 spiro atoms. The van der Waals surface area contributed by atoms with Gasteiger partial charge < -0.3 is 15.9 Å². The Morgan fingerprint density at radius 1 is 1.55 bits per heavy atom. The van der Waals surface area contributed by atoms with E-state index >= 15 is 0 Å². The molecule has 1 atom stereocenters. The van der Waals surface area contributed by atoms with Gasteiger partial charge in [0.15, 0.2) is 0 Å². The third-order valence-electron chi connectivity index (χ3n) is 1.57. The highest BCUT2D eigenvalue weighted by Crippen LogP contribution is 1.90. The molecule has 4 heteroatoms. The van der Waals surface area contributed by atoms with E-state index in [4.69, 9.17) is 15.9 Å². The minimum Gasteiger partial charge on any atom is -0.394 e. The number of likely N-dealkylation sites (N-methyl/N-ethyl adjacent to an activating group) is 1. The molecule has 0 aromatic heterocycles. The van der Waals surface area contributed by atoms with Gasteiger partial charge in [-0.05, 0) is 6.54 Å². The normalized spacial score (nSPS) is 13.9. The molecule has 0 bridgehead atoms. The van der Waals surface area contributed by atoms with Crippen LogP contribution in [0.3, 0.4) is 0 Å². The third-order valence-corrected chi connectivity index (χ3v) is 1.57. The van der Waals surface area contributed by atoms with Crippen molar-refractivity contribution in [1.29, 1.82) is 0 Å². The summed E-state index contributed by atoms with van der Waals surface area (Å²) in [4.78, 5) is 2.00. The number of nitrogens with two attached hydrogens (primary N) is 1. The predicted molar refractivity (Wildman–Crippen MR) is 44.3 cm³/mol. The summed E-state index contributed by atoms with van der Waals surface area (Å²) in [5.74, 6) is 0. The lowest BCUT2D eigenvalue weighted by molar-refractivity contribution is 0.0616. The van der Waals surface area contributed by atoms with E-state index in [1.165, 1.54) is 0 Å². The minimum absolute atomic E-state index is 0.179. The molecule has 1 unspecified atom stereocenters. The highest BCUT2D eigenvalue weighted by molar-refractivity contribution is 4.62. The molecule has 68 valence electrons. The fourth-order valence-corrected chi connectivity index (χ4v) is 0.917. The Kier molecular flexibility index (Phi) is 6.45. The highest BCUT2D eigenvalue weighted by atomic mass is 16.3. The van der Waals surface area contributed by atoms with E-state index < -0.39 is 6.10 Å². The first-order valence-electron chi connectivity index (χ1n) is 3.95. The summed E-state index contributed by atoms with van der Waals surface area (Å²) in [5.41, 5.74) is 5.34. The standard InChI is InChI=1S/C7H18N2O2/c1-2-9(4-3-8)5-7(11)6-10/h7,10-11H,2-6,8H2,1H3. The second kappa shape index (κ2) is 6.54. The molecule has 0 aromatic rings. The number of rotatable bonds is 6. The maximum absolute atomic E-state index is 9.05. The quantitative estimate of drug-likeness (QED) is 0.450. The van der Waals surface area contributed by atoms with Crippen LogP contribution in [-0.4, -0.2) is 54.0 Å². The van der Waals surface area contributed by atoms with Crippen molar-refractivity contribution in [2.24, 2.45) is 5.73 Å². The summed E-state index contributed by atoms with van der Waals surface area (Å²) in [7, 11) is 0. The van der Waals surface area contributed by atoms with E-state index in [2.05, 4.69) is 0 Å². The smallest absolute Gasteiger partial charge is 0.0897 e. The lowest BCUT2D eigenvalue weighted by Crippen LogP contribution is -2.37. The molecule has 0 rings (SSSR count). The van der Waals surface area contributed by atoms with Crippen LogP contribution >= 0.6 is 0 Å². The number of aliphatic hydroxyl groups is 2. The summed E-state index contributed by atoms with van der Waals surface area (Å²) < 4.78 is 0. The zero-order valence-electron chi connectivity index (χ0n) is 7.03. The summed E-state index contributed by atoms with van der Waals surface area (Å²) in [6.45, 7) is 4.54. The molecule has 0 saturated heterocycles. The Labute approximate surface area is 67.6 Å². The largest absolute Gasteiger partial charge is 0.394 e. The van der Waals surface area contributed by atoms with Crippen LogP contribution in [0.5, 0.6) is 0 Å². The molecule has 0 saturated carbocycles. The molecule has 0 fully saturated rings. The van der Waals surface area contributed by atoms with Gasteiger partial charge in [0.05, 0.1) is 12.7 Å². The molecule has 11 heavy (non-hydrogen) atoms. The van der Waals surface area contributed by atoms with Gasteiger partial charge in [0, 0.05) is 19.6 Å². The van der Waals surface area contributed by atoms with Gasteiger partial charge in [0.2, 0.25) is 0 Å². The van der Waals surface area contributed by atoms with Crippen LogP contribution in [0, 0.1) is 0 Å². The lowest BCUT2D eigenvalue weighted by Gasteiger charge is -2.21.